The van der Waals surface area contributed by atoms with E-state index in [1.165, 1.54) is 22.3 Å². The minimum absolute atomic E-state index is 0.0861. The van der Waals surface area contributed by atoms with E-state index in [0.717, 1.165) is 86.8 Å². The number of rotatable bonds is 9. The van der Waals surface area contributed by atoms with Crippen molar-refractivity contribution in [1.29, 1.82) is 0 Å². The highest BCUT2D eigenvalue weighted by Crippen LogP contribution is 2.42. The van der Waals surface area contributed by atoms with Gasteiger partial charge in [0.25, 0.3) is 0 Å². The first-order valence-corrected chi connectivity index (χ1v) is 16.4. The highest BCUT2D eigenvalue weighted by Gasteiger charge is 2.49. The zero-order chi connectivity index (χ0) is 30.8. The molecule has 3 aliphatic heterocycles. The maximum atomic E-state index is 12.3. The first-order chi connectivity index (χ1) is 21.3. The van der Waals surface area contributed by atoms with Crippen LogP contribution in [0.15, 0.2) is 48.5 Å². The van der Waals surface area contributed by atoms with Gasteiger partial charge in [-0.25, -0.2) is 4.98 Å². The molecule has 1 aromatic heterocycles. The molecule has 2 atom stereocenters. The SMILES string of the molecule is CCC[C@H]1N(c2cccc(-c3cc(C)ccc3OCc3cc(C)c4c(c3)CCN(C3CCOCC3)C4)n2)CC[C@@]1(C)C(=O)O. The van der Waals surface area contributed by atoms with Crippen molar-refractivity contribution < 1.29 is 19.4 Å². The summed E-state index contributed by atoms with van der Waals surface area (Å²) in [5.41, 5.74) is 7.63. The van der Waals surface area contributed by atoms with Gasteiger partial charge in [-0.3, -0.25) is 9.69 Å². The monoisotopic (exact) mass is 597 g/mol. The first-order valence-electron chi connectivity index (χ1n) is 16.4. The number of carboxylic acid groups (broad SMARTS) is 1. The second kappa shape index (κ2) is 12.9. The summed E-state index contributed by atoms with van der Waals surface area (Å²) in [5, 5.41) is 10.1. The molecule has 0 saturated carbocycles. The number of hydrogen-bond donors (Lipinski definition) is 1. The largest absolute Gasteiger partial charge is 0.488 e. The highest BCUT2D eigenvalue weighted by atomic mass is 16.5. The number of pyridine rings is 1. The molecule has 1 N–H and O–H groups in total. The van der Waals surface area contributed by atoms with E-state index >= 15 is 0 Å². The van der Waals surface area contributed by atoms with Gasteiger partial charge in [-0.15, -0.1) is 0 Å². The summed E-state index contributed by atoms with van der Waals surface area (Å²) in [6.07, 6.45) is 5.71. The summed E-state index contributed by atoms with van der Waals surface area (Å²) in [4.78, 5) is 22.2. The average Bonchev–Trinajstić information content (AvgIpc) is 3.38. The molecule has 7 heteroatoms. The second-order valence-corrected chi connectivity index (χ2v) is 13.3. The number of aryl methyl sites for hydroxylation is 2. The number of anilines is 1. The van der Waals surface area contributed by atoms with E-state index in [-0.39, 0.29) is 6.04 Å². The Bertz CT molecular complexity index is 1500. The van der Waals surface area contributed by atoms with Gasteiger partial charge < -0.3 is 19.5 Å². The van der Waals surface area contributed by atoms with E-state index in [9.17, 15) is 9.90 Å². The highest BCUT2D eigenvalue weighted by molar-refractivity contribution is 5.77. The molecule has 4 heterocycles. The van der Waals surface area contributed by atoms with Crippen molar-refractivity contribution in [3.05, 3.63) is 76.3 Å². The number of aromatic nitrogens is 1. The Hall–Kier alpha value is -3.42. The van der Waals surface area contributed by atoms with Crippen molar-refractivity contribution in [2.24, 2.45) is 5.41 Å². The Kier molecular flexibility index (Phi) is 8.97. The van der Waals surface area contributed by atoms with E-state index in [0.29, 0.717) is 25.6 Å². The molecule has 44 heavy (non-hydrogen) atoms. The van der Waals surface area contributed by atoms with Crippen molar-refractivity contribution in [2.45, 2.75) is 91.5 Å². The van der Waals surface area contributed by atoms with Crippen LogP contribution in [0.2, 0.25) is 0 Å². The molecular weight excluding hydrogens is 550 g/mol. The number of benzene rings is 2. The number of fused-ring (bicyclic) bond motifs is 1. The number of nitrogens with zero attached hydrogens (tertiary/aromatic N) is 3. The van der Waals surface area contributed by atoms with Crippen molar-refractivity contribution in [1.82, 2.24) is 9.88 Å². The maximum Gasteiger partial charge on any atom is 0.311 e. The molecule has 3 aliphatic rings. The predicted octanol–water partition coefficient (Wildman–Crippen LogP) is 6.95. The fourth-order valence-electron chi connectivity index (χ4n) is 7.57. The van der Waals surface area contributed by atoms with Gasteiger partial charge >= 0.3 is 5.97 Å². The molecule has 3 aromatic rings. The number of carboxylic acids is 1. The van der Waals surface area contributed by atoms with Crippen molar-refractivity contribution in [3.63, 3.8) is 0 Å². The summed E-state index contributed by atoms with van der Waals surface area (Å²) in [7, 11) is 0. The molecule has 0 spiro atoms. The normalized spacial score (nSPS) is 22.6. The summed E-state index contributed by atoms with van der Waals surface area (Å²) >= 11 is 0. The van der Waals surface area contributed by atoms with Gasteiger partial charge in [0.2, 0.25) is 0 Å². The summed E-state index contributed by atoms with van der Waals surface area (Å²) in [6.45, 7) is 13.4. The summed E-state index contributed by atoms with van der Waals surface area (Å²) < 4.78 is 12.1. The summed E-state index contributed by atoms with van der Waals surface area (Å²) in [6, 6.07) is 17.5. The van der Waals surface area contributed by atoms with E-state index in [2.05, 4.69) is 54.8 Å². The molecule has 0 amide bonds. The van der Waals surface area contributed by atoms with E-state index in [1.807, 2.05) is 31.2 Å². The van der Waals surface area contributed by atoms with Crippen LogP contribution >= 0.6 is 0 Å². The lowest BCUT2D eigenvalue weighted by molar-refractivity contribution is -0.148. The Morgan fingerprint density at radius 3 is 2.70 bits per heavy atom. The molecule has 0 bridgehead atoms. The molecule has 0 radical (unpaired) electrons. The molecule has 2 saturated heterocycles. The Morgan fingerprint density at radius 1 is 1.11 bits per heavy atom. The third-order valence-corrected chi connectivity index (χ3v) is 10.2. The number of ether oxygens (including phenoxy) is 2. The Morgan fingerprint density at radius 2 is 1.93 bits per heavy atom. The van der Waals surface area contributed by atoms with Crippen LogP contribution in [0.3, 0.4) is 0 Å². The van der Waals surface area contributed by atoms with Gasteiger partial charge in [-0.05, 0) is 99.4 Å². The minimum Gasteiger partial charge on any atom is -0.488 e. The lowest BCUT2D eigenvalue weighted by Crippen LogP contribution is -2.43. The third-order valence-electron chi connectivity index (χ3n) is 10.2. The fourth-order valence-corrected chi connectivity index (χ4v) is 7.57. The zero-order valence-corrected chi connectivity index (χ0v) is 26.8. The van der Waals surface area contributed by atoms with Crippen molar-refractivity contribution >= 4 is 11.8 Å². The lowest BCUT2D eigenvalue weighted by atomic mass is 9.80. The predicted molar refractivity (Wildman–Crippen MR) is 174 cm³/mol. The molecule has 7 nitrogen and oxygen atoms in total. The lowest BCUT2D eigenvalue weighted by Gasteiger charge is -2.38. The van der Waals surface area contributed by atoms with Crippen LogP contribution in [0, 0.1) is 19.3 Å². The van der Waals surface area contributed by atoms with Crippen LogP contribution in [-0.4, -0.2) is 59.3 Å². The smallest absolute Gasteiger partial charge is 0.311 e. The van der Waals surface area contributed by atoms with Gasteiger partial charge in [0.05, 0.1) is 11.1 Å². The summed E-state index contributed by atoms with van der Waals surface area (Å²) in [5.74, 6) is 0.916. The number of hydrogen-bond acceptors (Lipinski definition) is 6. The van der Waals surface area contributed by atoms with Crippen LogP contribution in [-0.2, 0) is 29.1 Å². The molecule has 0 aliphatic carbocycles. The maximum absolute atomic E-state index is 12.3. The van der Waals surface area contributed by atoms with Crippen LogP contribution in [0.25, 0.3) is 11.3 Å². The Balaban J connectivity index is 1.21. The third kappa shape index (κ3) is 6.09. The molecular formula is C37H47N3O4. The van der Waals surface area contributed by atoms with Gasteiger partial charge in [-0.1, -0.05) is 43.2 Å². The van der Waals surface area contributed by atoms with Crippen LogP contribution in [0.5, 0.6) is 5.75 Å². The Labute approximate surface area is 262 Å². The van der Waals surface area contributed by atoms with E-state index in [4.69, 9.17) is 14.5 Å². The van der Waals surface area contributed by atoms with Crippen molar-refractivity contribution in [2.75, 3.05) is 31.2 Å². The number of carbonyl (C=O) groups is 1. The van der Waals surface area contributed by atoms with Crippen molar-refractivity contribution in [3.8, 4) is 17.0 Å². The average molecular weight is 598 g/mol. The molecule has 2 fully saturated rings. The molecule has 0 unspecified atom stereocenters. The van der Waals surface area contributed by atoms with Crippen LogP contribution in [0.4, 0.5) is 5.82 Å². The standard InChI is InChI=1S/C37H47N3O4/c1-5-7-34-37(4,36(41)42)15-17-40(34)35-9-6-8-32(38-35)30-20-25(2)10-11-33(30)44-24-27-21-26(3)31-23-39(16-12-28(31)22-27)29-13-18-43-19-14-29/h6,8-11,20-22,29,34H,5,7,12-19,23-24H2,1-4H3,(H,41,42)/t34-,37-/m1/s1. The quantitative estimate of drug-likeness (QED) is 0.286. The molecule has 6 rings (SSSR count). The van der Waals surface area contributed by atoms with Gasteiger partial charge in [0, 0.05) is 50.5 Å². The van der Waals surface area contributed by atoms with Crippen LogP contribution in [0.1, 0.15) is 73.8 Å². The van der Waals surface area contributed by atoms with E-state index in [1.54, 1.807) is 0 Å². The van der Waals surface area contributed by atoms with Gasteiger partial charge in [0.15, 0.2) is 0 Å². The fraction of sp³-hybridized carbons (Fsp3) is 0.514. The topological polar surface area (TPSA) is 75.1 Å². The zero-order valence-electron chi connectivity index (χ0n) is 26.8. The van der Waals surface area contributed by atoms with E-state index < -0.39 is 11.4 Å². The van der Waals surface area contributed by atoms with Gasteiger partial charge in [-0.2, -0.15) is 0 Å². The molecule has 234 valence electrons. The van der Waals surface area contributed by atoms with Gasteiger partial charge in [0.1, 0.15) is 18.2 Å². The number of aliphatic carboxylic acids is 1. The van der Waals surface area contributed by atoms with Crippen LogP contribution < -0.4 is 9.64 Å². The second-order valence-electron chi connectivity index (χ2n) is 13.3. The molecule has 2 aromatic carbocycles. The first kappa shape index (κ1) is 30.6. The minimum atomic E-state index is -0.776.